The average molecular weight is 414 g/mol. The highest BCUT2D eigenvalue weighted by atomic mass is 35.5. The van der Waals surface area contributed by atoms with E-state index in [1.54, 1.807) is 24.3 Å². The van der Waals surface area contributed by atoms with E-state index in [-0.39, 0.29) is 30.9 Å². The van der Waals surface area contributed by atoms with E-state index in [4.69, 9.17) is 28.5 Å². The summed E-state index contributed by atoms with van der Waals surface area (Å²) < 4.78 is 0. The summed E-state index contributed by atoms with van der Waals surface area (Å²) in [7, 11) is 0. The average Bonchev–Trinajstić information content (AvgIpc) is 3.07. The van der Waals surface area contributed by atoms with Crippen LogP contribution in [-0.4, -0.2) is 34.7 Å². The van der Waals surface area contributed by atoms with Gasteiger partial charge in [-0.25, -0.2) is 9.69 Å². The Kier molecular flexibility index (Phi) is 4.37. The van der Waals surface area contributed by atoms with E-state index in [2.05, 4.69) is 0 Å². The molecule has 0 N–H and O–H groups in total. The number of hydrogen-bond donors (Lipinski definition) is 0. The third-order valence-corrected chi connectivity index (χ3v) is 5.49. The molecule has 0 radical (unpaired) electrons. The molecule has 2 saturated heterocycles. The Morgan fingerprint density at radius 3 is 2.29 bits per heavy atom. The largest absolute Gasteiger partial charge is 0.332 e. The molecule has 2 aromatic rings. The monoisotopic (exact) mass is 413 g/mol. The maximum Gasteiger partial charge on any atom is 0.332 e. The van der Waals surface area contributed by atoms with Gasteiger partial charge in [0.25, 0.3) is 5.91 Å². The van der Waals surface area contributed by atoms with Crippen LogP contribution in [-0.2, 0) is 16.0 Å². The molecule has 2 fully saturated rings. The van der Waals surface area contributed by atoms with Crippen LogP contribution >= 0.6 is 23.2 Å². The van der Waals surface area contributed by atoms with Gasteiger partial charge < -0.3 is 4.90 Å². The highest BCUT2D eigenvalue weighted by molar-refractivity contribution is 6.36. The van der Waals surface area contributed by atoms with Gasteiger partial charge in [0.1, 0.15) is 5.54 Å². The Morgan fingerprint density at radius 1 is 1.04 bits per heavy atom. The molecule has 2 heterocycles. The molecule has 2 aliphatic heterocycles. The number of carbonyl (C=O) groups excluding carboxylic acids is 3. The van der Waals surface area contributed by atoms with Crippen LogP contribution < -0.4 is 4.90 Å². The molecular weight excluding hydrogens is 401 g/mol. The number of nitriles is 1. The third-order valence-electron chi connectivity index (χ3n) is 5.05. The molecule has 3 amide bonds. The summed E-state index contributed by atoms with van der Waals surface area (Å²) in [6.07, 6.45) is 0.127. The minimum atomic E-state index is -1.28. The first kappa shape index (κ1) is 18.5. The molecule has 2 aliphatic rings. The van der Waals surface area contributed by atoms with Crippen molar-refractivity contribution in [1.82, 2.24) is 4.90 Å². The second kappa shape index (κ2) is 6.62. The van der Waals surface area contributed by atoms with Crippen LogP contribution in [0, 0.1) is 11.3 Å². The normalized spacial score (nSPS) is 21.2. The molecule has 28 heavy (non-hydrogen) atoms. The lowest BCUT2D eigenvalue weighted by molar-refractivity contribution is -0.125. The van der Waals surface area contributed by atoms with Crippen LogP contribution in [0.3, 0.4) is 0 Å². The van der Waals surface area contributed by atoms with Crippen molar-refractivity contribution in [2.75, 3.05) is 11.4 Å². The Bertz CT molecular complexity index is 1040. The number of Topliss-reactive ketones (excluding diaryl/α,β-unsaturated/α-hetero) is 1. The van der Waals surface area contributed by atoms with Crippen LogP contribution in [0.4, 0.5) is 10.5 Å². The number of anilines is 1. The second-order valence-corrected chi connectivity index (χ2v) is 7.74. The third kappa shape index (κ3) is 2.84. The fourth-order valence-electron chi connectivity index (χ4n) is 3.83. The number of carbonyl (C=O) groups is 3. The number of amides is 3. The van der Waals surface area contributed by atoms with Gasteiger partial charge in [-0.05, 0) is 35.9 Å². The van der Waals surface area contributed by atoms with Crippen molar-refractivity contribution in [2.24, 2.45) is 0 Å². The van der Waals surface area contributed by atoms with Gasteiger partial charge in [0.2, 0.25) is 0 Å². The van der Waals surface area contributed by atoms with Gasteiger partial charge in [-0.3, -0.25) is 9.59 Å². The SMILES string of the molecule is N#Cc1ccc(C[C@@]23CC(=O)CN2C(=O)N(c2cc(Cl)cc(Cl)c2)C3=O)cc1. The van der Waals surface area contributed by atoms with E-state index in [0.29, 0.717) is 15.6 Å². The Morgan fingerprint density at radius 2 is 1.68 bits per heavy atom. The number of rotatable bonds is 3. The number of benzene rings is 2. The van der Waals surface area contributed by atoms with E-state index < -0.39 is 17.5 Å². The van der Waals surface area contributed by atoms with E-state index >= 15 is 0 Å². The summed E-state index contributed by atoms with van der Waals surface area (Å²) in [6, 6.07) is 12.7. The topological polar surface area (TPSA) is 81.5 Å². The highest BCUT2D eigenvalue weighted by Gasteiger charge is 2.62. The lowest BCUT2D eigenvalue weighted by Crippen LogP contribution is -2.47. The summed E-state index contributed by atoms with van der Waals surface area (Å²) in [5.74, 6) is -0.648. The predicted molar refractivity (Wildman–Crippen MR) is 103 cm³/mol. The van der Waals surface area contributed by atoms with Crippen molar-refractivity contribution in [1.29, 1.82) is 5.26 Å². The molecule has 4 rings (SSSR count). The lowest BCUT2D eigenvalue weighted by Gasteiger charge is -2.27. The summed E-state index contributed by atoms with van der Waals surface area (Å²) in [5, 5.41) is 9.55. The predicted octanol–water partition coefficient (Wildman–Crippen LogP) is 3.59. The fourth-order valence-corrected chi connectivity index (χ4v) is 4.34. The summed E-state index contributed by atoms with van der Waals surface area (Å²) in [5.41, 5.74) is 0.237. The van der Waals surface area contributed by atoms with Crippen LogP contribution in [0.5, 0.6) is 0 Å². The first-order chi connectivity index (χ1) is 13.3. The van der Waals surface area contributed by atoms with Crippen molar-refractivity contribution >= 4 is 46.6 Å². The molecule has 140 valence electrons. The van der Waals surface area contributed by atoms with Gasteiger partial charge in [0, 0.05) is 22.9 Å². The molecule has 8 heteroatoms. The zero-order valence-corrected chi connectivity index (χ0v) is 16.0. The highest BCUT2D eigenvalue weighted by Crippen LogP contribution is 2.42. The number of imide groups is 1. The van der Waals surface area contributed by atoms with Gasteiger partial charge >= 0.3 is 6.03 Å². The van der Waals surface area contributed by atoms with E-state index in [1.807, 2.05) is 6.07 Å². The number of fused-ring (bicyclic) bond motifs is 1. The quantitative estimate of drug-likeness (QED) is 0.719. The van der Waals surface area contributed by atoms with Crippen LogP contribution in [0.2, 0.25) is 10.0 Å². The number of hydrogen-bond acceptors (Lipinski definition) is 4. The molecule has 0 aliphatic carbocycles. The molecule has 0 spiro atoms. The number of urea groups is 1. The smallest absolute Gasteiger partial charge is 0.301 e. The Balaban J connectivity index is 1.75. The lowest BCUT2D eigenvalue weighted by atomic mass is 9.87. The van der Waals surface area contributed by atoms with Crippen molar-refractivity contribution in [3.05, 3.63) is 63.6 Å². The maximum absolute atomic E-state index is 13.4. The Hall–Kier alpha value is -2.88. The molecule has 6 nitrogen and oxygen atoms in total. The van der Waals surface area contributed by atoms with E-state index in [1.165, 1.54) is 23.1 Å². The standard InChI is InChI=1S/C20H13Cl2N3O3/c21-14-5-15(22)7-16(6-14)25-18(27)20(9-17(26)11-24(20)19(25)28)8-12-1-3-13(10-23)4-2-12/h1-7H,8-9,11H2/t20-/m0/s1. The second-order valence-electron chi connectivity index (χ2n) is 6.87. The Labute approximate surface area is 170 Å². The van der Waals surface area contributed by atoms with Crippen molar-refractivity contribution < 1.29 is 14.4 Å². The van der Waals surface area contributed by atoms with Crippen molar-refractivity contribution in [3.8, 4) is 6.07 Å². The zero-order chi connectivity index (χ0) is 20.1. The van der Waals surface area contributed by atoms with Gasteiger partial charge in [-0.2, -0.15) is 5.26 Å². The van der Waals surface area contributed by atoms with Crippen LogP contribution in [0.1, 0.15) is 17.5 Å². The summed E-state index contributed by atoms with van der Waals surface area (Å²) in [6.45, 7) is -0.119. The number of halogens is 2. The first-order valence-corrected chi connectivity index (χ1v) is 9.23. The van der Waals surface area contributed by atoms with Gasteiger partial charge in [0.05, 0.1) is 23.9 Å². The molecular formula is C20H13Cl2N3O3. The van der Waals surface area contributed by atoms with Crippen molar-refractivity contribution in [2.45, 2.75) is 18.4 Å². The molecule has 2 aromatic carbocycles. The van der Waals surface area contributed by atoms with Crippen molar-refractivity contribution in [3.63, 3.8) is 0 Å². The van der Waals surface area contributed by atoms with E-state index in [9.17, 15) is 14.4 Å². The minimum Gasteiger partial charge on any atom is -0.301 e. The molecule has 0 aromatic heterocycles. The first-order valence-electron chi connectivity index (χ1n) is 8.47. The molecule has 1 atom stereocenters. The minimum absolute atomic E-state index is 0.0532. The van der Waals surface area contributed by atoms with Crippen LogP contribution in [0.15, 0.2) is 42.5 Å². The summed E-state index contributed by atoms with van der Waals surface area (Å²) >= 11 is 12.1. The van der Waals surface area contributed by atoms with Gasteiger partial charge in [-0.15, -0.1) is 0 Å². The summed E-state index contributed by atoms with van der Waals surface area (Å²) in [4.78, 5) is 40.9. The van der Waals surface area contributed by atoms with Gasteiger partial charge in [0.15, 0.2) is 5.78 Å². The van der Waals surface area contributed by atoms with E-state index in [0.717, 1.165) is 10.5 Å². The molecule has 0 unspecified atom stereocenters. The fraction of sp³-hybridized carbons (Fsp3) is 0.200. The van der Waals surface area contributed by atoms with Crippen LogP contribution in [0.25, 0.3) is 0 Å². The molecule has 0 saturated carbocycles. The number of ketones is 1. The van der Waals surface area contributed by atoms with Gasteiger partial charge in [-0.1, -0.05) is 35.3 Å². The zero-order valence-electron chi connectivity index (χ0n) is 14.5. The number of nitrogens with zero attached hydrogens (tertiary/aromatic N) is 3. The maximum atomic E-state index is 13.4. The molecule has 0 bridgehead atoms.